The highest BCUT2D eigenvalue weighted by molar-refractivity contribution is 5.82. The molecule has 2 saturated heterocycles. The third-order valence-electron chi connectivity index (χ3n) is 5.76. The first-order valence-electron chi connectivity index (χ1n) is 7.67. The Hall–Kier alpha value is -0.530. The molecule has 2 aliphatic carbocycles. The zero-order chi connectivity index (χ0) is 11.4. The van der Waals surface area contributed by atoms with Crippen molar-refractivity contribution >= 4 is 5.91 Å². The molecular formula is C15H23NO. The van der Waals surface area contributed by atoms with E-state index in [1.165, 1.54) is 57.8 Å². The molecule has 2 saturated carbocycles. The minimum absolute atomic E-state index is 0.429. The fourth-order valence-electron chi connectivity index (χ4n) is 4.83. The van der Waals surface area contributed by atoms with Crippen LogP contribution < -0.4 is 0 Å². The summed E-state index contributed by atoms with van der Waals surface area (Å²) in [5.74, 6) is 2.79. The molecule has 4 unspecified atom stereocenters. The standard InChI is InChI=1S/C15H23NO/c17-15(10-5-6-10)16-12-7-8-14(16)13-4-2-1-3-11(13)9-12/h10-14H,1-9H2. The second kappa shape index (κ2) is 3.73. The van der Waals surface area contributed by atoms with Crippen LogP contribution in [0.15, 0.2) is 0 Å². The van der Waals surface area contributed by atoms with E-state index in [0.717, 1.165) is 11.8 Å². The van der Waals surface area contributed by atoms with Crippen molar-refractivity contribution in [3.8, 4) is 0 Å². The van der Waals surface area contributed by atoms with Gasteiger partial charge in [-0.1, -0.05) is 19.3 Å². The summed E-state index contributed by atoms with van der Waals surface area (Å²) in [4.78, 5) is 14.8. The average Bonchev–Trinajstić information content (AvgIpc) is 3.14. The Morgan fingerprint density at radius 2 is 1.76 bits per heavy atom. The summed E-state index contributed by atoms with van der Waals surface area (Å²) in [5, 5.41) is 0. The average molecular weight is 233 g/mol. The first kappa shape index (κ1) is 10.4. The van der Waals surface area contributed by atoms with Gasteiger partial charge in [-0.05, 0) is 50.4 Å². The molecule has 2 aliphatic heterocycles. The lowest BCUT2D eigenvalue weighted by Crippen LogP contribution is -2.52. The van der Waals surface area contributed by atoms with E-state index >= 15 is 0 Å². The Morgan fingerprint density at radius 1 is 0.941 bits per heavy atom. The van der Waals surface area contributed by atoms with Crippen molar-refractivity contribution in [2.45, 2.75) is 69.9 Å². The van der Waals surface area contributed by atoms with Gasteiger partial charge in [-0.25, -0.2) is 0 Å². The van der Waals surface area contributed by atoms with Gasteiger partial charge in [0.1, 0.15) is 0 Å². The number of fused-ring (bicyclic) bond motifs is 4. The van der Waals surface area contributed by atoms with E-state index in [2.05, 4.69) is 4.90 Å². The van der Waals surface area contributed by atoms with E-state index in [0.29, 0.717) is 23.9 Å². The van der Waals surface area contributed by atoms with E-state index in [9.17, 15) is 4.79 Å². The molecule has 2 bridgehead atoms. The monoisotopic (exact) mass is 233 g/mol. The second-order valence-corrected chi connectivity index (χ2v) is 6.76. The topological polar surface area (TPSA) is 20.3 Å². The summed E-state index contributed by atoms with van der Waals surface area (Å²) in [6.07, 6.45) is 12.0. The Bertz CT molecular complexity index is 336. The zero-order valence-electron chi connectivity index (χ0n) is 10.6. The van der Waals surface area contributed by atoms with Crippen molar-refractivity contribution in [1.82, 2.24) is 4.90 Å². The molecular weight excluding hydrogens is 210 g/mol. The van der Waals surface area contributed by atoms with Crippen LogP contribution in [0.2, 0.25) is 0 Å². The van der Waals surface area contributed by atoms with Gasteiger partial charge in [0.15, 0.2) is 0 Å². The van der Waals surface area contributed by atoms with Crippen LogP contribution in [-0.2, 0) is 4.79 Å². The minimum atomic E-state index is 0.429. The van der Waals surface area contributed by atoms with Crippen LogP contribution in [0.25, 0.3) is 0 Å². The fraction of sp³-hybridized carbons (Fsp3) is 0.933. The van der Waals surface area contributed by atoms with Gasteiger partial charge in [-0.15, -0.1) is 0 Å². The predicted octanol–water partition coefficient (Wildman–Crippen LogP) is 2.97. The third kappa shape index (κ3) is 1.56. The lowest BCUT2D eigenvalue weighted by Gasteiger charge is -2.47. The highest BCUT2D eigenvalue weighted by atomic mass is 16.2. The van der Waals surface area contributed by atoms with Crippen LogP contribution in [0.3, 0.4) is 0 Å². The van der Waals surface area contributed by atoms with Crippen molar-refractivity contribution in [2.75, 3.05) is 0 Å². The first-order valence-corrected chi connectivity index (χ1v) is 7.67. The maximum Gasteiger partial charge on any atom is 0.226 e. The molecule has 94 valence electrons. The molecule has 4 rings (SSSR count). The number of carbonyl (C=O) groups is 1. The molecule has 2 heterocycles. The van der Waals surface area contributed by atoms with Crippen LogP contribution in [0.1, 0.15) is 57.8 Å². The van der Waals surface area contributed by atoms with Crippen LogP contribution in [0, 0.1) is 17.8 Å². The number of piperidine rings is 1. The largest absolute Gasteiger partial charge is 0.336 e. The summed E-state index contributed by atoms with van der Waals surface area (Å²) in [6, 6.07) is 1.28. The van der Waals surface area contributed by atoms with Crippen molar-refractivity contribution in [2.24, 2.45) is 17.8 Å². The maximum atomic E-state index is 12.4. The van der Waals surface area contributed by atoms with Crippen LogP contribution >= 0.6 is 0 Å². The first-order chi connectivity index (χ1) is 8.34. The molecule has 0 N–H and O–H groups in total. The summed E-state index contributed by atoms with van der Waals surface area (Å²) < 4.78 is 0. The number of nitrogens with zero attached hydrogens (tertiary/aromatic N) is 1. The summed E-state index contributed by atoms with van der Waals surface area (Å²) in [6.45, 7) is 0. The Balaban J connectivity index is 1.59. The Morgan fingerprint density at radius 3 is 2.59 bits per heavy atom. The third-order valence-corrected chi connectivity index (χ3v) is 5.76. The van der Waals surface area contributed by atoms with Crippen molar-refractivity contribution < 1.29 is 4.79 Å². The molecule has 4 fully saturated rings. The van der Waals surface area contributed by atoms with Gasteiger partial charge in [0, 0.05) is 18.0 Å². The van der Waals surface area contributed by atoms with Gasteiger partial charge in [-0.3, -0.25) is 4.79 Å². The van der Waals surface area contributed by atoms with Crippen LogP contribution in [0.5, 0.6) is 0 Å². The van der Waals surface area contributed by atoms with Gasteiger partial charge in [0.05, 0.1) is 0 Å². The van der Waals surface area contributed by atoms with Crippen molar-refractivity contribution in [1.29, 1.82) is 0 Å². The Kier molecular flexibility index (Phi) is 2.28. The molecule has 4 atom stereocenters. The molecule has 0 aromatic carbocycles. The van der Waals surface area contributed by atoms with E-state index in [-0.39, 0.29) is 0 Å². The van der Waals surface area contributed by atoms with E-state index in [1.54, 1.807) is 0 Å². The molecule has 2 heteroatoms. The van der Waals surface area contributed by atoms with Crippen molar-refractivity contribution in [3.63, 3.8) is 0 Å². The molecule has 0 aromatic rings. The number of amides is 1. The van der Waals surface area contributed by atoms with Crippen LogP contribution in [-0.4, -0.2) is 22.9 Å². The van der Waals surface area contributed by atoms with E-state index in [4.69, 9.17) is 0 Å². The van der Waals surface area contributed by atoms with Gasteiger partial charge < -0.3 is 4.90 Å². The molecule has 0 radical (unpaired) electrons. The predicted molar refractivity (Wildman–Crippen MR) is 66.4 cm³/mol. The maximum absolute atomic E-state index is 12.4. The Labute approximate surface area is 104 Å². The minimum Gasteiger partial charge on any atom is -0.336 e. The highest BCUT2D eigenvalue weighted by Crippen LogP contribution is 2.49. The number of carbonyl (C=O) groups excluding carboxylic acids is 1. The highest BCUT2D eigenvalue weighted by Gasteiger charge is 2.51. The number of hydrogen-bond acceptors (Lipinski definition) is 1. The van der Waals surface area contributed by atoms with Crippen LogP contribution in [0.4, 0.5) is 0 Å². The smallest absolute Gasteiger partial charge is 0.226 e. The zero-order valence-corrected chi connectivity index (χ0v) is 10.6. The fourth-order valence-corrected chi connectivity index (χ4v) is 4.83. The number of rotatable bonds is 1. The molecule has 1 amide bonds. The van der Waals surface area contributed by atoms with Crippen molar-refractivity contribution in [3.05, 3.63) is 0 Å². The summed E-state index contributed by atoms with van der Waals surface area (Å²) in [7, 11) is 0. The quantitative estimate of drug-likeness (QED) is 0.682. The van der Waals surface area contributed by atoms with Gasteiger partial charge >= 0.3 is 0 Å². The lowest BCUT2D eigenvalue weighted by molar-refractivity contribution is -0.140. The van der Waals surface area contributed by atoms with Gasteiger partial charge in [0.25, 0.3) is 0 Å². The summed E-state index contributed by atoms with van der Waals surface area (Å²) >= 11 is 0. The molecule has 17 heavy (non-hydrogen) atoms. The van der Waals surface area contributed by atoms with Gasteiger partial charge in [0.2, 0.25) is 5.91 Å². The molecule has 0 spiro atoms. The molecule has 0 aromatic heterocycles. The molecule has 2 nitrogen and oxygen atoms in total. The van der Waals surface area contributed by atoms with E-state index in [1.807, 2.05) is 0 Å². The normalized spacial score (nSPS) is 44.6. The summed E-state index contributed by atoms with van der Waals surface area (Å²) in [5.41, 5.74) is 0. The molecule has 4 aliphatic rings. The van der Waals surface area contributed by atoms with E-state index < -0.39 is 0 Å². The van der Waals surface area contributed by atoms with Gasteiger partial charge in [-0.2, -0.15) is 0 Å². The number of hydrogen-bond donors (Lipinski definition) is 0. The SMILES string of the molecule is O=C(C1CC1)N1C2CCC1C1CCCCC1C2. The lowest BCUT2D eigenvalue weighted by atomic mass is 9.71. The second-order valence-electron chi connectivity index (χ2n) is 6.76.